The van der Waals surface area contributed by atoms with Crippen LogP contribution in [0.1, 0.15) is 0 Å². The van der Waals surface area contributed by atoms with Crippen LogP contribution in [-0.2, 0) is 0 Å². The molecule has 0 aliphatic heterocycles. The highest BCUT2D eigenvalue weighted by Gasteiger charge is 2.25. The van der Waals surface area contributed by atoms with Gasteiger partial charge in [-0.2, -0.15) is 0 Å². The second-order valence-electron chi connectivity index (χ2n) is 12.1. The summed E-state index contributed by atoms with van der Waals surface area (Å²) in [6, 6.07) is 50.0. The molecule has 4 heterocycles. The molecule has 0 saturated carbocycles. The molecular weight excluding hydrogens is 611 g/mol. The Morgan fingerprint density at radius 1 is 0.426 bits per heavy atom. The minimum Gasteiger partial charge on any atom is -0.277 e. The van der Waals surface area contributed by atoms with Gasteiger partial charge in [-0.1, -0.05) is 109 Å². The van der Waals surface area contributed by atoms with E-state index in [2.05, 4.69) is 144 Å². The molecule has 0 unspecified atom stereocenters. The number of fused-ring (bicyclic) bond motifs is 15. The average Bonchev–Trinajstić information content (AvgIpc) is 3.81. The molecule has 3 nitrogen and oxygen atoms in total. The van der Waals surface area contributed by atoms with Crippen LogP contribution < -0.4 is 0 Å². The minimum atomic E-state index is 0.687. The van der Waals surface area contributed by atoms with E-state index in [0.29, 0.717) is 5.95 Å². The van der Waals surface area contributed by atoms with Crippen LogP contribution in [0.25, 0.3) is 101 Å². The minimum absolute atomic E-state index is 0.687. The molecule has 11 rings (SSSR count). The summed E-state index contributed by atoms with van der Waals surface area (Å²) in [4.78, 5) is 10.7. The highest BCUT2D eigenvalue weighted by Crippen LogP contribution is 2.51. The Balaban J connectivity index is 1.44. The Hall–Kier alpha value is -5.62. The van der Waals surface area contributed by atoms with Crippen molar-refractivity contribution in [2.24, 2.45) is 0 Å². The van der Waals surface area contributed by atoms with E-state index in [1.165, 1.54) is 67.4 Å². The zero-order valence-corrected chi connectivity index (χ0v) is 26.6. The summed E-state index contributed by atoms with van der Waals surface area (Å²) < 4.78 is 7.56. The number of hydrogen-bond acceptors (Lipinski definition) is 4. The summed E-state index contributed by atoms with van der Waals surface area (Å²) in [5.41, 5.74) is 5.23. The van der Waals surface area contributed by atoms with Crippen LogP contribution in [0.4, 0.5) is 0 Å². The molecular formula is C42H23N3S2. The van der Waals surface area contributed by atoms with E-state index >= 15 is 0 Å². The lowest BCUT2D eigenvalue weighted by atomic mass is 9.96. The third-order valence-electron chi connectivity index (χ3n) is 9.58. The Bertz CT molecular complexity index is 3070. The van der Waals surface area contributed by atoms with Gasteiger partial charge >= 0.3 is 0 Å². The monoisotopic (exact) mass is 633 g/mol. The van der Waals surface area contributed by atoms with Crippen LogP contribution in [0.15, 0.2) is 140 Å². The van der Waals surface area contributed by atoms with Crippen LogP contribution in [0.5, 0.6) is 0 Å². The van der Waals surface area contributed by atoms with Crippen molar-refractivity contribution in [3.63, 3.8) is 0 Å². The molecule has 218 valence electrons. The van der Waals surface area contributed by atoms with Crippen LogP contribution in [-0.4, -0.2) is 14.5 Å². The molecule has 47 heavy (non-hydrogen) atoms. The summed E-state index contributed by atoms with van der Waals surface area (Å²) in [5, 5.41) is 11.3. The number of benzene rings is 7. The summed E-state index contributed by atoms with van der Waals surface area (Å²) >= 11 is 3.77. The average molecular weight is 634 g/mol. The SMILES string of the molecule is c1ccc(-c2nc(-n3c4ccccc4c4c5c(ccc6sc7ccccc7c65)c5sc6ccccc6c5c43)nc3ccccc23)cc1. The molecule has 0 saturated heterocycles. The summed E-state index contributed by atoms with van der Waals surface area (Å²) in [5.74, 6) is 0.687. The van der Waals surface area contributed by atoms with Gasteiger partial charge in [-0.15, -0.1) is 22.7 Å². The molecule has 0 radical (unpaired) electrons. The number of hydrogen-bond donors (Lipinski definition) is 0. The molecule has 0 aliphatic carbocycles. The van der Waals surface area contributed by atoms with Crippen LogP contribution in [0.2, 0.25) is 0 Å². The first-order valence-electron chi connectivity index (χ1n) is 15.8. The largest absolute Gasteiger partial charge is 0.277 e. The Labute approximate surface area is 276 Å². The van der Waals surface area contributed by atoms with E-state index in [0.717, 1.165) is 27.7 Å². The second-order valence-corrected chi connectivity index (χ2v) is 14.2. The van der Waals surface area contributed by atoms with Gasteiger partial charge in [-0.25, -0.2) is 9.97 Å². The van der Waals surface area contributed by atoms with Crippen molar-refractivity contribution in [2.75, 3.05) is 0 Å². The van der Waals surface area contributed by atoms with Crippen molar-refractivity contribution >= 4 is 106 Å². The molecule has 0 fully saturated rings. The summed E-state index contributed by atoms with van der Waals surface area (Å²) in [7, 11) is 0. The van der Waals surface area contributed by atoms with Crippen molar-refractivity contribution in [1.29, 1.82) is 0 Å². The quantitative estimate of drug-likeness (QED) is 0.190. The van der Waals surface area contributed by atoms with E-state index in [1.54, 1.807) is 0 Å². The highest BCUT2D eigenvalue weighted by atomic mass is 32.1. The molecule has 0 N–H and O–H groups in total. The van der Waals surface area contributed by atoms with Gasteiger partial charge in [-0.05, 0) is 30.3 Å². The molecule has 11 aromatic rings. The van der Waals surface area contributed by atoms with Crippen molar-refractivity contribution in [3.05, 3.63) is 140 Å². The number of nitrogens with zero attached hydrogens (tertiary/aromatic N) is 3. The van der Waals surface area contributed by atoms with E-state index in [1.807, 2.05) is 22.7 Å². The summed E-state index contributed by atoms with van der Waals surface area (Å²) in [6.45, 7) is 0. The van der Waals surface area contributed by atoms with Gasteiger partial charge in [-0.3, -0.25) is 4.57 Å². The van der Waals surface area contributed by atoms with Gasteiger partial charge in [0.2, 0.25) is 5.95 Å². The fraction of sp³-hybridized carbons (Fsp3) is 0. The molecule has 0 bridgehead atoms. The van der Waals surface area contributed by atoms with Crippen molar-refractivity contribution < 1.29 is 0 Å². The lowest BCUT2D eigenvalue weighted by molar-refractivity contribution is 1.02. The van der Waals surface area contributed by atoms with Gasteiger partial charge < -0.3 is 0 Å². The van der Waals surface area contributed by atoms with Crippen molar-refractivity contribution in [2.45, 2.75) is 0 Å². The van der Waals surface area contributed by atoms with Crippen LogP contribution in [0.3, 0.4) is 0 Å². The lowest BCUT2D eigenvalue weighted by Crippen LogP contribution is -2.03. The standard InChI is InChI=1S/C42H23N3S2/c1-2-12-24(13-3-1)39-25-14-4-8-18-30(25)43-42(44-39)45-31-19-9-5-15-26(31)37-36-29(22-23-34-35(36)27-16-6-10-20-32(27)46-34)41-38(40(37)45)28-17-7-11-21-33(28)47-41/h1-23H. The molecule has 4 aromatic heterocycles. The lowest BCUT2D eigenvalue weighted by Gasteiger charge is -2.13. The zero-order chi connectivity index (χ0) is 30.6. The molecule has 0 aliphatic rings. The third kappa shape index (κ3) is 3.45. The predicted molar refractivity (Wildman–Crippen MR) is 203 cm³/mol. The van der Waals surface area contributed by atoms with Crippen LogP contribution >= 0.6 is 22.7 Å². The highest BCUT2D eigenvalue weighted by molar-refractivity contribution is 7.27. The zero-order valence-electron chi connectivity index (χ0n) is 24.9. The van der Waals surface area contributed by atoms with Gasteiger partial charge in [0.15, 0.2) is 0 Å². The number of rotatable bonds is 2. The third-order valence-corrected chi connectivity index (χ3v) is 11.9. The van der Waals surface area contributed by atoms with Gasteiger partial charge in [0.05, 0.1) is 22.2 Å². The fourth-order valence-electron chi connectivity index (χ4n) is 7.65. The maximum absolute atomic E-state index is 5.42. The van der Waals surface area contributed by atoms with E-state index in [9.17, 15) is 0 Å². The van der Waals surface area contributed by atoms with E-state index < -0.39 is 0 Å². The summed E-state index contributed by atoms with van der Waals surface area (Å²) in [6.07, 6.45) is 0. The molecule has 0 atom stereocenters. The predicted octanol–water partition coefficient (Wildman–Crippen LogP) is 12.3. The molecule has 5 heteroatoms. The molecule has 0 amide bonds. The first-order valence-corrected chi connectivity index (χ1v) is 17.4. The first kappa shape index (κ1) is 25.6. The maximum atomic E-state index is 5.42. The van der Waals surface area contributed by atoms with Crippen molar-refractivity contribution in [1.82, 2.24) is 14.5 Å². The fourth-order valence-corrected chi connectivity index (χ4v) is 10.0. The Kier molecular flexibility index (Phi) is 5.14. The Morgan fingerprint density at radius 2 is 1.09 bits per heavy atom. The van der Waals surface area contributed by atoms with E-state index in [-0.39, 0.29) is 0 Å². The Morgan fingerprint density at radius 3 is 1.91 bits per heavy atom. The van der Waals surface area contributed by atoms with Crippen molar-refractivity contribution in [3.8, 4) is 17.2 Å². The topological polar surface area (TPSA) is 30.7 Å². The second kappa shape index (κ2) is 9.46. The first-order chi connectivity index (χ1) is 23.3. The van der Waals surface area contributed by atoms with Gasteiger partial charge in [0.25, 0.3) is 0 Å². The van der Waals surface area contributed by atoms with Crippen LogP contribution in [0, 0.1) is 0 Å². The molecule has 0 spiro atoms. The maximum Gasteiger partial charge on any atom is 0.235 e. The van der Waals surface area contributed by atoms with Gasteiger partial charge in [0.1, 0.15) is 0 Å². The molecule has 7 aromatic carbocycles. The van der Waals surface area contributed by atoms with Gasteiger partial charge in [0, 0.05) is 72.8 Å². The number of thiophene rings is 2. The number of aromatic nitrogens is 3. The van der Waals surface area contributed by atoms with E-state index in [4.69, 9.17) is 9.97 Å². The number of para-hydroxylation sites is 2. The smallest absolute Gasteiger partial charge is 0.235 e. The normalized spacial score (nSPS) is 12.3.